The number of likely N-dealkylation sites (N-methyl/N-ethyl adjacent to an activating group) is 1. The average Bonchev–Trinajstić information content (AvgIpc) is 2.35. The topological polar surface area (TPSA) is 24.5 Å². The van der Waals surface area contributed by atoms with E-state index in [0.717, 1.165) is 13.1 Å². The molecule has 0 aliphatic rings. The molecule has 1 aromatic carbocycles. The third-order valence-corrected chi connectivity index (χ3v) is 3.34. The summed E-state index contributed by atoms with van der Waals surface area (Å²) in [7, 11) is 5.99. The first-order valence-corrected chi connectivity index (χ1v) is 6.98. The maximum atomic E-state index is 5.25. The lowest BCUT2D eigenvalue weighted by Crippen LogP contribution is -2.41. The van der Waals surface area contributed by atoms with Crippen LogP contribution in [0.2, 0.25) is 0 Å². The highest BCUT2D eigenvalue weighted by Gasteiger charge is 2.14. The molecule has 1 aromatic rings. The number of nitrogens with one attached hydrogen (secondary N) is 1. The van der Waals surface area contributed by atoms with Crippen molar-refractivity contribution in [2.75, 3.05) is 27.7 Å². The van der Waals surface area contributed by atoms with E-state index >= 15 is 0 Å². The van der Waals surface area contributed by atoms with Gasteiger partial charge in [-0.2, -0.15) is 0 Å². The fraction of sp³-hybridized carbons (Fsp3) is 0.625. The lowest BCUT2D eigenvalue weighted by molar-refractivity contribution is 0.183. The van der Waals surface area contributed by atoms with E-state index in [9.17, 15) is 0 Å². The molecule has 0 aliphatic heterocycles. The molecule has 0 bridgehead atoms. The van der Waals surface area contributed by atoms with Crippen molar-refractivity contribution in [1.29, 1.82) is 0 Å². The number of methoxy groups -OCH3 is 1. The summed E-state index contributed by atoms with van der Waals surface area (Å²) < 4.78 is 5.25. The Kier molecular flexibility index (Phi) is 7.06. The molecule has 1 rings (SSSR count). The van der Waals surface area contributed by atoms with Gasteiger partial charge in [0.1, 0.15) is 0 Å². The van der Waals surface area contributed by atoms with Crippen molar-refractivity contribution in [2.24, 2.45) is 5.92 Å². The minimum atomic E-state index is 0.505. The van der Waals surface area contributed by atoms with Gasteiger partial charge in [-0.3, -0.25) is 0 Å². The molecule has 3 heteroatoms. The predicted octanol–water partition coefficient (Wildman–Crippen LogP) is 2.51. The summed E-state index contributed by atoms with van der Waals surface area (Å²) in [5.41, 5.74) is 2.60. The van der Waals surface area contributed by atoms with Crippen LogP contribution >= 0.6 is 0 Å². The first-order valence-electron chi connectivity index (χ1n) is 6.98. The van der Waals surface area contributed by atoms with Crippen LogP contribution in [0, 0.1) is 5.92 Å². The molecule has 0 radical (unpaired) electrons. The SMILES string of the molecule is COCc1ccccc1CNC(CN(C)C)C(C)C. The van der Waals surface area contributed by atoms with E-state index in [4.69, 9.17) is 4.74 Å². The minimum Gasteiger partial charge on any atom is -0.380 e. The third kappa shape index (κ3) is 5.72. The van der Waals surface area contributed by atoms with Crippen LogP contribution in [0.4, 0.5) is 0 Å². The van der Waals surface area contributed by atoms with Gasteiger partial charge in [0.15, 0.2) is 0 Å². The van der Waals surface area contributed by atoms with Crippen LogP contribution in [0.3, 0.4) is 0 Å². The Labute approximate surface area is 118 Å². The van der Waals surface area contributed by atoms with Gasteiger partial charge in [-0.1, -0.05) is 38.1 Å². The summed E-state index contributed by atoms with van der Waals surface area (Å²) in [6.07, 6.45) is 0. The molecule has 0 saturated carbocycles. The Morgan fingerprint density at radius 1 is 1.16 bits per heavy atom. The van der Waals surface area contributed by atoms with Gasteiger partial charge in [-0.05, 0) is 31.1 Å². The van der Waals surface area contributed by atoms with Crippen LogP contribution < -0.4 is 5.32 Å². The van der Waals surface area contributed by atoms with Gasteiger partial charge >= 0.3 is 0 Å². The quantitative estimate of drug-likeness (QED) is 0.781. The molecule has 0 amide bonds. The standard InChI is InChI=1S/C16H28N2O/c1-13(2)16(11-18(3)4)17-10-14-8-6-7-9-15(14)12-19-5/h6-9,13,16-17H,10-12H2,1-5H3. The van der Waals surface area contributed by atoms with Crippen LogP contribution in [0.25, 0.3) is 0 Å². The molecule has 1 N–H and O–H groups in total. The maximum absolute atomic E-state index is 5.25. The van der Waals surface area contributed by atoms with Gasteiger partial charge in [-0.15, -0.1) is 0 Å². The maximum Gasteiger partial charge on any atom is 0.0716 e. The summed E-state index contributed by atoms with van der Waals surface area (Å²) in [5.74, 6) is 0.622. The third-order valence-electron chi connectivity index (χ3n) is 3.34. The smallest absolute Gasteiger partial charge is 0.0716 e. The Bertz CT molecular complexity index is 364. The highest BCUT2D eigenvalue weighted by atomic mass is 16.5. The van der Waals surface area contributed by atoms with Crippen LogP contribution in [-0.2, 0) is 17.9 Å². The molecule has 19 heavy (non-hydrogen) atoms. The van der Waals surface area contributed by atoms with E-state index in [1.54, 1.807) is 7.11 Å². The van der Waals surface area contributed by atoms with Gasteiger partial charge in [0.25, 0.3) is 0 Å². The van der Waals surface area contributed by atoms with E-state index in [-0.39, 0.29) is 0 Å². The highest BCUT2D eigenvalue weighted by Crippen LogP contribution is 2.11. The molecule has 0 fully saturated rings. The summed E-state index contributed by atoms with van der Waals surface area (Å²) in [6.45, 7) is 7.17. The highest BCUT2D eigenvalue weighted by molar-refractivity contribution is 5.26. The number of rotatable bonds is 8. The summed E-state index contributed by atoms with van der Waals surface area (Å²) in [5, 5.41) is 3.67. The molecule has 0 aliphatic carbocycles. The van der Waals surface area contributed by atoms with Crippen LogP contribution in [0.5, 0.6) is 0 Å². The lowest BCUT2D eigenvalue weighted by atomic mass is 10.0. The largest absolute Gasteiger partial charge is 0.380 e. The van der Waals surface area contributed by atoms with Gasteiger partial charge < -0.3 is 15.0 Å². The van der Waals surface area contributed by atoms with E-state index < -0.39 is 0 Å². The zero-order valence-electron chi connectivity index (χ0n) is 12.9. The van der Waals surface area contributed by atoms with Crippen molar-refractivity contribution in [3.05, 3.63) is 35.4 Å². The van der Waals surface area contributed by atoms with E-state index in [1.807, 2.05) is 0 Å². The summed E-state index contributed by atoms with van der Waals surface area (Å²) in [6, 6.07) is 8.97. The average molecular weight is 264 g/mol. The fourth-order valence-electron chi connectivity index (χ4n) is 2.17. The Morgan fingerprint density at radius 3 is 2.32 bits per heavy atom. The number of benzene rings is 1. The second kappa shape index (κ2) is 8.31. The van der Waals surface area contributed by atoms with Gasteiger partial charge in [0.2, 0.25) is 0 Å². The Hall–Kier alpha value is -0.900. The summed E-state index contributed by atoms with van der Waals surface area (Å²) in [4.78, 5) is 2.23. The van der Waals surface area contributed by atoms with Gasteiger partial charge in [0, 0.05) is 26.2 Å². The molecule has 108 valence electrons. The van der Waals surface area contributed by atoms with E-state index in [0.29, 0.717) is 18.6 Å². The number of nitrogens with zero attached hydrogens (tertiary/aromatic N) is 1. The number of ether oxygens (including phenoxy) is 1. The minimum absolute atomic E-state index is 0.505. The van der Waals surface area contributed by atoms with Crippen molar-refractivity contribution >= 4 is 0 Å². The first kappa shape index (κ1) is 16.2. The molecular weight excluding hydrogens is 236 g/mol. The lowest BCUT2D eigenvalue weighted by Gasteiger charge is -2.26. The normalized spacial score (nSPS) is 13.2. The fourth-order valence-corrected chi connectivity index (χ4v) is 2.17. The zero-order chi connectivity index (χ0) is 14.3. The van der Waals surface area contributed by atoms with Crippen molar-refractivity contribution in [1.82, 2.24) is 10.2 Å². The first-order chi connectivity index (χ1) is 9.04. The second-order valence-corrected chi connectivity index (χ2v) is 5.70. The summed E-state index contributed by atoms with van der Waals surface area (Å²) >= 11 is 0. The Morgan fingerprint density at radius 2 is 1.79 bits per heavy atom. The molecule has 0 saturated heterocycles. The molecule has 0 aromatic heterocycles. The van der Waals surface area contributed by atoms with Crippen LogP contribution in [-0.4, -0.2) is 38.7 Å². The van der Waals surface area contributed by atoms with E-state index in [2.05, 4.69) is 62.4 Å². The molecule has 0 heterocycles. The van der Waals surface area contributed by atoms with Crippen molar-refractivity contribution in [3.8, 4) is 0 Å². The van der Waals surface area contributed by atoms with Crippen molar-refractivity contribution in [3.63, 3.8) is 0 Å². The Balaban J connectivity index is 2.63. The van der Waals surface area contributed by atoms with Crippen molar-refractivity contribution < 1.29 is 4.74 Å². The molecule has 3 nitrogen and oxygen atoms in total. The zero-order valence-corrected chi connectivity index (χ0v) is 12.9. The van der Waals surface area contributed by atoms with E-state index in [1.165, 1.54) is 11.1 Å². The molecular formula is C16H28N2O. The van der Waals surface area contributed by atoms with Gasteiger partial charge in [0.05, 0.1) is 6.61 Å². The monoisotopic (exact) mass is 264 g/mol. The molecule has 1 unspecified atom stereocenters. The molecule has 0 spiro atoms. The predicted molar refractivity (Wildman–Crippen MR) is 81.2 cm³/mol. The van der Waals surface area contributed by atoms with Crippen molar-refractivity contribution in [2.45, 2.75) is 33.0 Å². The van der Waals surface area contributed by atoms with Crippen LogP contribution in [0.15, 0.2) is 24.3 Å². The van der Waals surface area contributed by atoms with Gasteiger partial charge in [-0.25, -0.2) is 0 Å². The number of hydrogen-bond acceptors (Lipinski definition) is 3. The molecule has 1 atom stereocenters. The number of hydrogen-bond donors (Lipinski definition) is 1. The second-order valence-electron chi connectivity index (χ2n) is 5.70. The van der Waals surface area contributed by atoms with Crippen LogP contribution in [0.1, 0.15) is 25.0 Å².